The summed E-state index contributed by atoms with van der Waals surface area (Å²) in [6, 6.07) is 18.0. The first kappa shape index (κ1) is 25.0. The molecule has 8 nitrogen and oxygen atoms in total. The maximum absolute atomic E-state index is 14.0. The van der Waals surface area contributed by atoms with Crippen molar-refractivity contribution in [3.63, 3.8) is 0 Å². The lowest BCUT2D eigenvalue weighted by atomic mass is 9.74. The summed E-state index contributed by atoms with van der Waals surface area (Å²) in [5, 5.41) is 13.4. The number of carbonyl (C=O) groups is 3. The topological polar surface area (TPSA) is 109 Å². The van der Waals surface area contributed by atoms with E-state index in [1.165, 1.54) is 29.2 Å². The van der Waals surface area contributed by atoms with E-state index < -0.39 is 34.9 Å². The van der Waals surface area contributed by atoms with Gasteiger partial charge in [-0.3, -0.25) is 14.9 Å². The van der Waals surface area contributed by atoms with Crippen LogP contribution in [-0.2, 0) is 19.1 Å². The second-order valence-electron chi connectivity index (χ2n) is 10.7. The molecule has 0 aromatic heterocycles. The van der Waals surface area contributed by atoms with Crippen molar-refractivity contribution in [3.8, 4) is 6.07 Å². The number of carbonyl (C=O) groups excluding carboxylic acids is 3. The highest BCUT2D eigenvalue weighted by molar-refractivity contribution is 6.25. The van der Waals surface area contributed by atoms with Gasteiger partial charge in [0.15, 0.2) is 0 Å². The molecule has 3 aliphatic rings. The molecule has 0 aliphatic carbocycles. The van der Waals surface area contributed by atoms with Crippen molar-refractivity contribution in [1.82, 2.24) is 0 Å². The summed E-state index contributed by atoms with van der Waals surface area (Å²) in [5.74, 6) is -2.28. The largest absolute Gasteiger partial charge is 0.449 e. The van der Waals surface area contributed by atoms with Crippen molar-refractivity contribution in [2.45, 2.75) is 43.8 Å². The molecule has 0 spiro atoms. The summed E-state index contributed by atoms with van der Waals surface area (Å²) in [4.78, 5) is 41.4. The number of ether oxygens (including phenoxy) is 2. The van der Waals surface area contributed by atoms with Gasteiger partial charge in [-0.05, 0) is 62.6 Å². The first-order chi connectivity index (χ1) is 18.7. The number of halogens is 1. The van der Waals surface area contributed by atoms with E-state index in [1.54, 1.807) is 24.3 Å². The lowest BCUT2D eigenvalue weighted by Gasteiger charge is -2.44. The van der Waals surface area contributed by atoms with E-state index in [-0.39, 0.29) is 24.8 Å². The SMILES string of the molecule is CC12CCC(CCOC(=O)Nc3ccc(F)cc3)(O1)C1C(=O)N(c3ccc(C#N)c4ccccc34)C(=O)C1C2. The van der Waals surface area contributed by atoms with Gasteiger partial charge >= 0.3 is 6.09 Å². The minimum atomic E-state index is -0.947. The van der Waals surface area contributed by atoms with E-state index in [9.17, 15) is 24.0 Å². The number of hydrogen-bond acceptors (Lipinski definition) is 6. The monoisotopic (exact) mass is 527 g/mol. The molecule has 1 N–H and O–H groups in total. The molecule has 6 rings (SSSR count). The average molecular weight is 528 g/mol. The fourth-order valence-corrected chi connectivity index (χ4v) is 6.57. The van der Waals surface area contributed by atoms with Crippen LogP contribution >= 0.6 is 0 Å². The third kappa shape index (κ3) is 4.12. The number of fused-ring (bicyclic) bond motifs is 5. The maximum Gasteiger partial charge on any atom is 0.411 e. The van der Waals surface area contributed by atoms with Crippen LogP contribution < -0.4 is 10.2 Å². The molecular formula is C30H26FN3O5. The van der Waals surface area contributed by atoms with Crippen LogP contribution in [0.25, 0.3) is 10.8 Å². The molecule has 3 heterocycles. The number of rotatable bonds is 5. The summed E-state index contributed by atoms with van der Waals surface area (Å²) < 4.78 is 25.1. The van der Waals surface area contributed by atoms with Gasteiger partial charge in [-0.1, -0.05) is 24.3 Å². The molecule has 39 heavy (non-hydrogen) atoms. The highest BCUT2D eigenvalue weighted by Gasteiger charge is 2.67. The molecular weight excluding hydrogens is 501 g/mol. The minimum Gasteiger partial charge on any atom is -0.449 e. The smallest absolute Gasteiger partial charge is 0.411 e. The first-order valence-corrected chi connectivity index (χ1v) is 12.9. The first-order valence-electron chi connectivity index (χ1n) is 12.9. The molecule has 4 unspecified atom stereocenters. The average Bonchev–Trinajstić information content (AvgIpc) is 3.34. The van der Waals surface area contributed by atoms with Crippen molar-refractivity contribution < 1.29 is 28.2 Å². The van der Waals surface area contributed by atoms with Crippen molar-refractivity contribution in [1.29, 1.82) is 5.26 Å². The van der Waals surface area contributed by atoms with E-state index in [2.05, 4.69) is 11.4 Å². The van der Waals surface area contributed by atoms with E-state index in [1.807, 2.05) is 19.1 Å². The molecule has 198 valence electrons. The van der Waals surface area contributed by atoms with Crippen LogP contribution in [0.5, 0.6) is 0 Å². The quantitative estimate of drug-likeness (QED) is 0.451. The maximum atomic E-state index is 14.0. The van der Waals surface area contributed by atoms with Gasteiger partial charge < -0.3 is 9.47 Å². The fourth-order valence-electron chi connectivity index (χ4n) is 6.57. The molecule has 3 saturated heterocycles. The lowest BCUT2D eigenvalue weighted by Crippen LogP contribution is -2.52. The summed E-state index contributed by atoms with van der Waals surface area (Å²) in [5.41, 5.74) is -0.189. The van der Waals surface area contributed by atoms with Crippen LogP contribution in [0.3, 0.4) is 0 Å². The standard InChI is InChI=1S/C30H26FN3O5/c1-29-12-13-30(39-29,14-15-38-28(37)33-20-9-7-19(31)8-10-20)25-23(16-29)26(35)34(27(25)36)24-11-6-18(17-32)21-4-2-3-5-22(21)24/h2-11,23,25H,12-16H2,1H3,(H,33,37). The predicted octanol–water partition coefficient (Wildman–Crippen LogP) is 5.31. The zero-order chi connectivity index (χ0) is 27.4. The molecule has 0 radical (unpaired) electrons. The van der Waals surface area contributed by atoms with Crippen LogP contribution in [0.1, 0.15) is 38.2 Å². The molecule has 4 atom stereocenters. The highest BCUT2D eigenvalue weighted by atomic mass is 19.1. The minimum absolute atomic E-state index is 0.0202. The van der Waals surface area contributed by atoms with Crippen LogP contribution in [0.15, 0.2) is 60.7 Å². The van der Waals surface area contributed by atoms with Gasteiger partial charge in [-0.25, -0.2) is 14.1 Å². The molecule has 0 saturated carbocycles. The van der Waals surface area contributed by atoms with E-state index in [4.69, 9.17) is 9.47 Å². The Balaban J connectivity index is 1.26. The van der Waals surface area contributed by atoms with Crippen LogP contribution in [0, 0.1) is 29.0 Å². The molecule has 2 bridgehead atoms. The summed E-state index contributed by atoms with van der Waals surface area (Å²) in [6.07, 6.45) is 1.24. The van der Waals surface area contributed by atoms with E-state index in [0.717, 1.165) is 0 Å². The number of hydrogen-bond donors (Lipinski definition) is 1. The van der Waals surface area contributed by atoms with Gasteiger partial charge in [-0.15, -0.1) is 0 Å². The van der Waals surface area contributed by atoms with E-state index in [0.29, 0.717) is 47.0 Å². The Labute approximate surface area is 224 Å². The van der Waals surface area contributed by atoms with Gasteiger partial charge in [0.2, 0.25) is 11.8 Å². The number of nitriles is 1. The van der Waals surface area contributed by atoms with Gasteiger partial charge in [0.05, 0.1) is 47.0 Å². The number of anilines is 2. The zero-order valence-corrected chi connectivity index (χ0v) is 21.3. The van der Waals surface area contributed by atoms with Crippen molar-refractivity contribution in [2.24, 2.45) is 11.8 Å². The highest BCUT2D eigenvalue weighted by Crippen LogP contribution is 2.58. The Kier molecular flexibility index (Phi) is 5.88. The lowest BCUT2D eigenvalue weighted by molar-refractivity contribution is -0.186. The third-order valence-electron chi connectivity index (χ3n) is 8.28. The zero-order valence-electron chi connectivity index (χ0n) is 21.3. The van der Waals surface area contributed by atoms with Crippen LogP contribution in [0.2, 0.25) is 0 Å². The number of nitrogens with zero attached hydrogens (tertiary/aromatic N) is 2. The van der Waals surface area contributed by atoms with Gasteiger partial charge in [0.25, 0.3) is 0 Å². The summed E-state index contributed by atoms with van der Waals surface area (Å²) >= 11 is 0. The Bertz CT molecular complexity index is 1550. The van der Waals surface area contributed by atoms with E-state index >= 15 is 0 Å². The summed E-state index contributed by atoms with van der Waals surface area (Å²) in [6.45, 7) is 1.94. The Hall–Kier alpha value is -4.29. The van der Waals surface area contributed by atoms with Gasteiger partial charge in [0, 0.05) is 22.9 Å². The van der Waals surface area contributed by atoms with Crippen molar-refractivity contribution >= 4 is 40.1 Å². The molecule has 9 heteroatoms. The van der Waals surface area contributed by atoms with Crippen LogP contribution in [0.4, 0.5) is 20.6 Å². The third-order valence-corrected chi connectivity index (χ3v) is 8.28. The predicted molar refractivity (Wildman–Crippen MR) is 140 cm³/mol. The Morgan fingerprint density at radius 2 is 1.85 bits per heavy atom. The summed E-state index contributed by atoms with van der Waals surface area (Å²) in [7, 11) is 0. The molecule has 3 aromatic carbocycles. The number of benzene rings is 3. The number of imide groups is 1. The number of nitrogens with one attached hydrogen (secondary N) is 1. The second-order valence-corrected chi connectivity index (χ2v) is 10.7. The van der Waals surface area contributed by atoms with Gasteiger partial charge in [0.1, 0.15) is 5.82 Å². The normalized spacial score (nSPS) is 27.4. The molecule has 3 aromatic rings. The van der Waals surface area contributed by atoms with Crippen molar-refractivity contribution in [3.05, 3.63) is 72.0 Å². The number of amides is 3. The second kappa shape index (κ2) is 9.17. The van der Waals surface area contributed by atoms with Crippen molar-refractivity contribution in [2.75, 3.05) is 16.8 Å². The fraction of sp³-hybridized carbons (Fsp3) is 0.333. The molecule has 3 fully saturated rings. The Morgan fingerprint density at radius 3 is 2.59 bits per heavy atom. The van der Waals surface area contributed by atoms with Crippen LogP contribution in [-0.4, -0.2) is 35.7 Å². The van der Waals surface area contributed by atoms with Gasteiger partial charge in [-0.2, -0.15) is 5.26 Å². The molecule has 3 aliphatic heterocycles. The Morgan fingerprint density at radius 1 is 1.10 bits per heavy atom. The molecule has 3 amide bonds.